The quantitative estimate of drug-likeness (QED) is 0.855. The van der Waals surface area contributed by atoms with Gasteiger partial charge in [-0.15, -0.1) is 0 Å². The molecule has 1 aliphatic carbocycles. The van der Waals surface area contributed by atoms with Crippen molar-refractivity contribution >= 4 is 17.8 Å². The Balaban J connectivity index is 1.54. The second-order valence-corrected chi connectivity index (χ2v) is 7.04. The molecule has 0 bridgehead atoms. The van der Waals surface area contributed by atoms with Crippen LogP contribution in [0, 0.1) is 0 Å². The van der Waals surface area contributed by atoms with Crippen LogP contribution in [0.2, 0.25) is 0 Å². The lowest BCUT2D eigenvalue weighted by Crippen LogP contribution is -2.49. The van der Waals surface area contributed by atoms with Crippen LogP contribution in [0.25, 0.3) is 0 Å². The van der Waals surface area contributed by atoms with E-state index in [1.165, 1.54) is 11.3 Å². The topological polar surface area (TPSA) is 75.7 Å². The Hall–Kier alpha value is -2.37. The summed E-state index contributed by atoms with van der Waals surface area (Å²) in [6, 6.07) is 6.67. The minimum Gasteiger partial charge on any atom is -0.433 e. The average molecular weight is 342 g/mol. The van der Waals surface area contributed by atoms with Crippen molar-refractivity contribution in [1.82, 2.24) is 10.2 Å². The van der Waals surface area contributed by atoms with E-state index < -0.39 is 18.2 Å². The van der Waals surface area contributed by atoms with Crippen LogP contribution < -0.4 is 5.32 Å². The molecule has 1 aromatic carbocycles. The van der Waals surface area contributed by atoms with Gasteiger partial charge >= 0.3 is 5.97 Å². The maximum absolute atomic E-state index is 12.8. The predicted octanol–water partition coefficient (Wildman–Crippen LogP) is 2.30. The van der Waals surface area contributed by atoms with Crippen molar-refractivity contribution in [1.29, 1.82) is 0 Å². The number of fused-ring (bicyclic) bond motifs is 1. The van der Waals surface area contributed by atoms with E-state index in [1.54, 1.807) is 18.2 Å². The Labute approximate surface area is 146 Å². The molecule has 0 unspecified atom stereocenters. The summed E-state index contributed by atoms with van der Waals surface area (Å²) in [6.45, 7) is 0. The molecule has 0 radical (unpaired) electrons. The van der Waals surface area contributed by atoms with Gasteiger partial charge in [0, 0.05) is 18.0 Å². The highest BCUT2D eigenvalue weighted by Crippen LogP contribution is 2.38. The highest BCUT2D eigenvalue weighted by atomic mass is 16.6. The molecule has 25 heavy (non-hydrogen) atoms. The average Bonchev–Trinajstić information content (AvgIpc) is 3.16. The van der Waals surface area contributed by atoms with Gasteiger partial charge in [-0.2, -0.15) is 0 Å². The largest absolute Gasteiger partial charge is 0.433 e. The maximum atomic E-state index is 12.8. The van der Waals surface area contributed by atoms with Crippen molar-refractivity contribution in [2.75, 3.05) is 0 Å². The van der Waals surface area contributed by atoms with Crippen LogP contribution in [-0.4, -0.2) is 34.8 Å². The lowest BCUT2D eigenvalue weighted by Gasteiger charge is -2.31. The van der Waals surface area contributed by atoms with Crippen molar-refractivity contribution in [2.24, 2.45) is 0 Å². The summed E-state index contributed by atoms with van der Waals surface area (Å²) < 4.78 is 5.44. The van der Waals surface area contributed by atoms with Crippen molar-refractivity contribution in [2.45, 2.75) is 63.3 Å². The number of cyclic esters (lactones) is 1. The third-order valence-electron chi connectivity index (χ3n) is 5.43. The monoisotopic (exact) mass is 342 g/mol. The fraction of sp³-hybridized carbons (Fsp3) is 0.526. The molecule has 0 aromatic heterocycles. The lowest BCUT2D eigenvalue weighted by molar-refractivity contribution is -0.146. The normalized spacial score (nSPS) is 26.5. The standard InChI is InChI=1S/C19H22N2O4/c22-16-11-10-15(17(23)20-12-6-2-1-3-7-12)21(16)18-13-8-4-5-9-14(13)19(24)25-18/h4-5,8-9,12,15,18H,1-3,6-7,10-11H2,(H,20,23)/t15-,18-/m0/s1. The van der Waals surface area contributed by atoms with Crippen LogP contribution in [-0.2, 0) is 14.3 Å². The molecule has 0 spiro atoms. The van der Waals surface area contributed by atoms with E-state index in [0.29, 0.717) is 24.0 Å². The number of nitrogens with zero attached hydrogens (tertiary/aromatic N) is 1. The van der Waals surface area contributed by atoms with Crippen LogP contribution >= 0.6 is 0 Å². The van der Waals surface area contributed by atoms with E-state index in [-0.39, 0.29) is 17.9 Å². The molecular formula is C19H22N2O4. The van der Waals surface area contributed by atoms with E-state index in [0.717, 1.165) is 25.7 Å². The molecule has 2 amide bonds. The van der Waals surface area contributed by atoms with Crippen LogP contribution in [0.15, 0.2) is 24.3 Å². The van der Waals surface area contributed by atoms with E-state index in [2.05, 4.69) is 5.32 Å². The first-order valence-corrected chi connectivity index (χ1v) is 9.06. The minimum atomic E-state index is -0.791. The smallest absolute Gasteiger partial charge is 0.340 e. The second-order valence-electron chi connectivity index (χ2n) is 7.04. The number of amides is 2. The molecule has 2 atom stereocenters. The zero-order chi connectivity index (χ0) is 17.4. The molecule has 1 saturated heterocycles. The Morgan fingerprint density at radius 3 is 2.64 bits per heavy atom. The predicted molar refractivity (Wildman–Crippen MR) is 89.5 cm³/mol. The van der Waals surface area contributed by atoms with Gasteiger partial charge in [-0.3, -0.25) is 14.5 Å². The number of ether oxygens (including phenoxy) is 1. The van der Waals surface area contributed by atoms with Crippen LogP contribution in [0.3, 0.4) is 0 Å². The van der Waals surface area contributed by atoms with Crippen molar-refractivity contribution in [3.8, 4) is 0 Å². The van der Waals surface area contributed by atoms with Gasteiger partial charge in [0.25, 0.3) is 0 Å². The van der Waals surface area contributed by atoms with Gasteiger partial charge in [-0.1, -0.05) is 37.5 Å². The Kier molecular flexibility index (Phi) is 4.19. The number of carbonyl (C=O) groups excluding carboxylic acids is 3. The fourth-order valence-corrected chi connectivity index (χ4v) is 4.13. The van der Waals surface area contributed by atoms with E-state index in [4.69, 9.17) is 4.74 Å². The van der Waals surface area contributed by atoms with Crippen molar-refractivity contribution in [3.63, 3.8) is 0 Å². The molecule has 2 fully saturated rings. The van der Waals surface area contributed by atoms with Gasteiger partial charge < -0.3 is 10.1 Å². The number of likely N-dealkylation sites (tertiary alicyclic amines) is 1. The number of benzene rings is 1. The third-order valence-corrected chi connectivity index (χ3v) is 5.43. The molecule has 1 N–H and O–H groups in total. The molecule has 2 aliphatic heterocycles. The number of esters is 1. The summed E-state index contributed by atoms with van der Waals surface area (Å²) in [6.07, 6.45) is 5.45. The Bertz CT molecular complexity index is 711. The first-order chi connectivity index (χ1) is 12.1. The van der Waals surface area contributed by atoms with Crippen LogP contribution in [0.5, 0.6) is 0 Å². The molecule has 6 heteroatoms. The molecule has 3 aliphatic rings. The lowest BCUT2D eigenvalue weighted by atomic mass is 9.95. The van der Waals surface area contributed by atoms with Gasteiger partial charge in [-0.25, -0.2) is 4.79 Å². The minimum absolute atomic E-state index is 0.127. The van der Waals surface area contributed by atoms with Crippen molar-refractivity contribution in [3.05, 3.63) is 35.4 Å². The summed E-state index contributed by atoms with van der Waals surface area (Å²) in [4.78, 5) is 38.7. The molecule has 1 aromatic rings. The highest BCUT2D eigenvalue weighted by molar-refractivity contribution is 5.96. The molecule has 132 valence electrons. The van der Waals surface area contributed by atoms with E-state index >= 15 is 0 Å². The summed E-state index contributed by atoms with van der Waals surface area (Å²) >= 11 is 0. The van der Waals surface area contributed by atoms with Crippen LogP contribution in [0.1, 0.15) is 67.1 Å². The highest BCUT2D eigenvalue weighted by Gasteiger charge is 2.46. The molecule has 4 rings (SSSR count). The van der Waals surface area contributed by atoms with Gasteiger partial charge in [0.15, 0.2) is 0 Å². The van der Waals surface area contributed by atoms with Gasteiger partial charge in [-0.05, 0) is 25.3 Å². The summed E-state index contributed by atoms with van der Waals surface area (Å²) in [5, 5.41) is 3.10. The number of hydrogen-bond acceptors (Lipinski definition) is 4. The molecular weight excluding hydrogens is 320 g/mol. The van der Waals surface area contributed by atoms with Crippen molar-refractivity contribution < 1.29 is 19.1 Å². The SMILES string of the molecule is O=C1O[C@H](N2C(=O)CC[C@H]2C(=O)NC2CCCCC2)c2ccccc21. The fourth-order valence-electron chi connectivity index (χ4n) is 4.13. The Morgan fingerprint density at radius 1 is 1.08 bits per heavy atom. The zero-order valence-corrected chi connectivity index (χ0v) is 14.1. The maximum Gasteiger partial charge on any atom is 0.340 e. The first-order valence-electron chi connectivity index (χ1n) is 9.06. The van der Waals surface area contributed by atoms with Crippen LogP contribution in [0.4, 0.5) is 0 Å². The summed E-state index contributed by atoms with van der Waals surface area (Å²) in [5.74, 6) is -0.705. The number of rotatable bonds is 3. The third kappa shape index (κ3) is 2.90. The first kappa shape index (κ1) is 16.1. The second kappa shape index (κ2) is 6.50. The van der Waals surface area contributed by atoms with Gasteiger partial charge in [0.2, 0.25) is 18.0 Å². The molecule has 1 saturated carbocycles. The molecule has 6 nitrogen and oxygen atoms in total. The zero-order valence-electron chi connectivity index (χ0n) is 14.1. The molecule has 2 heterocycles. The van der Waals surface area contributed by atoms with Gasteiger partial charge in [0.05, 0.1) is 5.56 Å². The number of carbonyl (C=O) groups is 3. The summed E-state index contributed by atoms with van der Waals surface area (Å²) in [5.41, 5.74) is 1.14. The number of hydrogen-bond donors (Lipinski definition) is 1. The Morgan fingerprint density at radius 2 is 1.84 bits per heavy atom. The van der Waals surface area contributed by atoms with E-state index in [9.17, 15) is 14.4 Å². The summed E-state index contributed by atoms with van der Waals surface area (Å²) in [7, 11) is 0. The van der Waals surface area contributed by atoms with Gasteiger partial charge in [0.1, 0.15) is 6.04 Å². The number of nitrogens with one attached hydrogen (secondary N) is 1. The van der Waals surface area contributed by atoms with E-state index in [1.807, 2.05) is 6.07 Å².